The van der Waals surface area contributed by atoms with E-state index in [0.29, 0.717) is 31.4 Å². The zero-order valence-corrected chi connectivity index (χ0v) is 28.3. The number of amides is 2. The Balaban J connectivity index is 1.41. The number of rotatable bonds is 5. The van der Waals surface area contributed by atoms with Crippen LogP contribution in [0.3, 0.4) is 0 Å². The number of hydrogen-bond donors (Lipinski definition) is 2. The Labute approximate surface area is 282 Å². The maximum Gasteiger partial charge on any atom is 0.407 e. The molecule has 11 nitrogen and oxygen atoms in total. The zero-order chi connectivity index (χ0) is 35.3. The fourth-order valence-electron chi connectivity index (χ4n) is 7.41. The molecule has 2 fully saturated rings. The van der Waals surface area contributed by atoms with E-state index in [1.807, 2.05) is 32.0 Å². The summed E-state index contributed by atoms with van der Waals surface area (Å²) in [6, 6.07) is 10.9. The van der Waals surface area contributed by atoms with Gasteiger partial charge in [0.05, 0.1) is 29.7 Å². The summed E-state index contributed by atoms with van der Waals surface area (Å²) in [6.45, 7) is 4.49. The lowest BCUT2D eigenvalue weighted by molar-refractivity contribution is -0.176. The van der Waals surface area contributed by atoms with Gasteiger partial charge in [0.25, 0.3) is 15.9 Å². The Morgan fingerprint density at radius 1 is 1.10 bits per heavy atom. The van der Waals surface area contributed by atoms with Crippen molar-refractivity contribution in [1.82, 2.24) is 20.2 Å². The molecule has 2 saturated carbocycles. The third-order valence-electron chi connectivity index (χ3n) is 9.89. The summed E-state index contributed by atoms with van der Waals surface area (Å²) in [5, 5.41) is 2.77. The van der Waals surface area contributed by atoms with Gasteiger partial charge in [-0.05, 0) is 80.7 Å². The number of ether oxygens (including phenoxy) is 2. The molecule has 0 saturated heterocycles. The third-order valence-corrected chi connectivity index (χ3v) is 11.2. The molecule has 1 spiro atoms. The minimum absolute atomic E-state index is 0.00966. The first-order valence-corrected chi connectivity index (χ1v) is 17.5. The average Bonchev–Trinajstić information content (AvgIpc) is 3.00. The van der Waals surface area contributed by atoms with Crippen molar-refractivity contribution in [2.24, 2.45) is 11.3 Å². The molecule has 2 N–H and O–H groups in total. The van der Waals surface area contributed by atoms with Crippen molar-refractivity contribution >= 4 is 28.0 Å². The van der Waals surface area contributed by atoms with Crippen molar-refractivity contribution in [3.8, 4) is 17.1 Å². The van der Waals surface area contributed by atoms with E-state index in [9.17, 15) is 31.2 Å². The van der Waals surface area contributed by atoms with Crippen LogP contribution in [0.25, 0.3) is 11.3 Å². The number of nitrogens with zero attached hydrogens (tertiary/aromatic N) is 3. The number of fused-ring (bicyclic) bond motifs is 4. The lowest BCUT2D eigenvalue weighted by Crippen LogP contribution is -2.64. The normalized spacial score (nSPS) is 25.2. The van der Waals surface area contributed by atoms with E-state index >= 15 is 0 Å². The smallest absolute Gasteiger partial charge is 0.407 e. The Morgan fingerprint density at radius 2 is 1.78 bits per heavy atom. The summed E-state index contributed by atoms with van der Waals surface area (Å²) in [5.41, 5.74) is 2.62. The van der Waals surface area contributed by atoms with Crippen LogP contribution in [-0.4, -0.2) is 73.3 Å². The molecule has 3 aromatic rings. The van der Waals surface area contributed by atoms with Gasteiger partial charge in [0, 0.05) is 29.3 Å². The third kappa shape index (κ3) is 7.03. The summed E-state index contributed by atoms with van der Waals surface area (Å²) in [6.07, 6.45) is -3.24. The second kappa shape index (κ2) is 12.8. The van der Waals surface area contributed by atoms with E-state index in [1.165, 1.54) is 42.3 Å². The molecule has 49 heavy (non-hydrogen) atoms. The molecule has 0 radical (unpaired) electrons. The van der Waals surface area contributed by atoms with Crippen LogP contribution in [0.5, 0.6) is 5.88 Å². The topological polar surface area (TPSA) is 140 Å². The van der Waals surface area contributed by atoms with E-state index in [0.717, 1.165) is 23.6 Å². The number of hydrogen-bond acceptors (Lipinski definition) is 8. The van der Waals surface area contributed by atoms with Crippen LogP contribution in [0.4, 0.5) is 23.9 Å². The van der Waals surface area contributed by atoms with Crippen molar-refractivity contribution < 1.29 is 40.7 Å². The summed E-state index contributed by atoms with van der Waals surface area (Å²) in [5.74, 6) is -2.73. The van der Waals surface area contributed by atoms with E-state index in [1.54, 1.807) is 0 Å². The number of halogens is 3. The summed E-state index contributed by atoms with van der Waals surface area (Å²) < 4.78 is 82.6. The minimum atomic E-state index is -4.53. The fraction of sp³-hybridized carbons (Fsp3) is 0.471. The second-order valence-electron chi connectivity index (χ2n) is 13.5. The number of aryl methyl sites for hydroxylation is 2. The highest BCUT2D eigenvalue weighted by atomic mass is 32.2. The number of alkyl halides is 3. The van der Waals surface area contributed by atoms with Crippen LogP contribution < -0.4 is 14.8 Å². The molecular formula is C34H38F3N5O6S. The van der Waals surface area contributed by atoms with E-state index < -0.39 is 52.6 Å². The van der Waals surface area contributed by atoms with Gasteiger partial charge >= 0.3 is 12.3 Å². The first-order chi connectivity index (χ1) is 23.1. The minimum Gasteiger partial charge on any atom is -0.475 e. The molecule has 2 aromatic carbocycles. The molecule has 6 rings (SSSR count). The fourth-order valence-corrected chi connectivity index (χ4v) is 8.40. The summed E-state index contributed by atoms with van der Waals surface area (Å²) >= 11 is 0. The number of anilines is 1. The van der Waals surface area contributed by atoms with E-state index in [-0.39, 0.29) is 40.4 Å². The van der Waals surface area contributed by atoms with Crippen molar-refractivity contribution in [2.75, 3.05) is 18.4 Å². The van der Waals surface area contributed by atoms with Crippen LogP contribution in [0.1, 0.15) is 60.5 Å². The Morgan fingerprint density at radius 3 is 2.43 bits per heavy atom. The molecule has 262 valence electrons. The molecule has 2 atom stereocenters. The van der Waals surface area contributed by atoms with Gasteiger partial charge in [0.2, 0.25) is 11.8 Å². The molecule has 2 aliphatic carbocycles. The average molecular weight is 702 g/mol. The van der Waals surface area contributed by atoms with Gasteiger partial charge in [-0.2, -0.15) is 18.2 Å². The highest BCUT2D eigenvalue weighted by Crippen LogP contribution is 2.58. The van der Waals surface area contributed by atoms with Crippen molar-refractivity contribution in [3.05, 3.63) is 65.2 Å². The zero-order valence-electron chi connectivity index (χ0n) is 27.5. The molecular weight excluding hydrogens is 663 g/mol. The van der Waals surface area contributed by atoms with Gasteiger partial charge in [0.1, 0.15) is 6.61 Å². The number of nitrogens with one attached hydrogen (secondary N) is 2. The number of benzene rings is 2. The van der Waals surface area contributed by atoms with Crippen LogP contribution in [0.15, 0.2) is 53.4 Å². The van der Waals surface area contributed by atoms with Gasteiger partial charge in [0.15, 0.2) is 0 Å². The number of aromatic nitrogens is 2. The highest BCUT2D eigenvalue weighted by molar-refractivity contribution is 7.92. The Kier molecular flexibility index (Phi) is 9.01. The monoisotopic (exact) mass is 701 g/mol. The summed E-state index contributed by atoms with van der Waals surface area (Å²) in [4.78, 5) is 36.0. The largest absolute Gasteiger partial charge is 0.475 e. The molecule has 4 bridgehead atoms. The van der Waals surface area contributed by atoms with E-state index in [4.69, 9.17) is 9.47 Å². The van der Waals surface area contributed by atoms with Crippen LogP contribution >= 0.6 is 0 Å². The Bertz CT molecular complexity index is 1850. The van der Waals surface area contributed by atoms with Crippen molar-refractivity contribution in [1.29, 1.82) is 0 Å². The first-order valence-electron chi connectivity index (χ1n) is 16.0. The van der Waals surface area contributed by atoms with Gasteiger partial charge in [-0.25, -0.2) is 22.9 Å². The maximum atomic E-state index is 14.3. The lowest BCUT2D eigenvalue weighted by atomic mass is 9.51. The van der Waals surface area contributed by atoms with Crippen molar-refractivity contribution in [3.63, 3.8) is 0 Å². The number of carbonyl (C=O) groups excluding carboxylic acids is 2. The van der Waals surface area contributed by atoms with Gasteiger partial charge in [-0.1, -0.05) is 31.2 Å². The SMILES string of the molecule is COC(=O)NC1CC2(C1)CC(N1C(=O)c3cccc(c3)S(=O)(=O)Nc3nc(cc(-c4c(C)cccc4C)n3)OC[C@H]1CC(C)C(F)(F)F)C2. The standard InChI is InChI=1S/C34H38F3N5O6S/c1-19-7-5-8-20(2)29(19)27-13-28-40-31(39-27)41-49(45,46)26-10-6-9-22(12-26)30(43)42(24(18-48-28)11-21(3)34(35,36)37)25-16-33(17-25)14-23(15-33)38-32(44)47-4/h5-10,12-13,21,23-25H,11,14-18H2,1-4H3,(H,38,44)(H,39,40,41)/t21?,23?,24-,25?,33?/m1/s1. The number of methoxy groups -OCH3 is 1. The molecule has 1 unspecified atom stereocenters. The molecule has 15 heteroatoms. The lowest BCUT2D eigenvalue weighted by Gasteiger charge is -2.60. The van der Waals surface area contributed by atoms with Crippen LogP contribution in [-0.2, 0) is 14.8 Å². The second-order valence-corrected chi connectivity index (χ2v) is 15.2. The van der Waals surface area contributed by atoms with Gasteiger partial charge in [-0.3, -0.25) is 4.79 Å². The highest BCUT2D eigenvalue weighted by Gasteiger charge is 2.56. The van der Waals surface area contributed by atoms with Crippen LogP contribution in [0.2, 0.25) is 0 Å². The molecule has 1 aromatic heterocycles. The quantitative estimate of drug-likeness (QED) is 0.329. The van der Waals surface area contributed by atoms with Crippen LogP contribution in [0, 0.1) is 25.2 Å². The molecule has 3 aliphatic rings. The number of sulfonamides is 1. The van der Waals surface area contributed by atoms with E-state index in [2.05, 4.69) is 20.0 Å². The Hall–Kier alpha value is -4.40. The van der Waals surface area contributed by atoms with Gasteiger partial charge in [-0.15, -0.1) is 0 Å². The van der Waals surface area contributed by atoms with Gasteiger partial charge < -0.3 is 19.7 Å². The molecule has 2 amide bonds. The molecule has 1 aliphatic heterocycles. The molecule has 2 heterocycles. The number of carbonyl (C=O) groups is 2. The van der Waals surface area contributed by atoms with Crippen molar-refractivity contribution in [2.45, 2.75) is 82.1 Å². The summed E-state index contributed by atoms with van der Waals surface area (Å²) in [7, 11) is -3.03. The predicted molar refractivity (Wildman–Crippen MR) is 173 cm³/mol. The maximum absolute atomic E-state index is 14.3. The first kappa shape index (κ1) is 34.5. The predicted octanol–water partition coefficient (Wildman–Crippen LogP) is 6.02. The number of alkyl carbamates (subject to hydrolysis) is 1.